The number of carbonyl (C=O) groups excluding carboxylic acids is 2. The first-order valence-corrected chi connectivity index (χ1v) is 23.3. The van der Waals surface area contributed by atoms with Gasteiger partial charge in [0, 0.05) is 39.6 Å². The highest BCUT2D eigenvalue weighted by atomic mass is 32.1. The largest absolute Gasteiger partial charge is 0.493 e. The van der Waals surface area contributed by atoms with Gasteiger partial charge >= 0.3 is 0 Å². The third-order valence-corrected chi connectivity index (χ3v) is 19.8. The number of thiophene rings is 1. The Kier molecular flexibility index (Phi) is 9.09. The van der Waals surface area contributed by atoms with Gasteiger partial charge in [-0.15, -0.1) is 11.3 Å². The zero-order valence-corrected chi connectivity index (χ0v) is 36.7. The van der Waals surface area contributed by atoms with Crippen molar-refractivity contribution in [2.24, 2.45) is 56.7 Å². The van der Waals surface area contributed by atoms with Crippen LogP contribution >= 0.6 is 11.3 Å². The number of ether oxygens (including phenoxy) is 2. The molecule has 59 heavy (non-hydrogen) atoms. The van der Waals surface area contributed by atoms with Crippen LogP contribution in [0.15, 0.2) is 72.3 Å². The van der Waals surface area contributed by atoms with Gasteiger partial charge in [-0.25, -0.2) is 0 Å². The molecule has 11 atom stereocenters. The number of nitrogens with zero attached hydrogens (tertiary/aromatic N) is 1. The van der Waals surface area contributed by atoms with Crippen molar-refractivity contribution in [2.75, 3.05) is 27.3 Å². The van der Waals surface area contributed by atoms with Crippen LogP contribution in [0.5, 0.6) is 11.5 Å². The number of amides is 1. The second-order valence-corrected chi connectivity index (χ2v) is 22.2. The molecule has 7 nitrogen and oxygen atoms in total. The van der Waals surface area contributed by atoms with Gasteiger partial charge in [0.05, 0.1) is 37.2 Å². The molecule has 12 rings (SSSR count). The molecule has 9 aliphatic carbocycles. The summed E-state index contributed by atoms with van der Waals surface area (Å²) in [6.07, 6.45) is 15.9. The third-order valence-electron chi connectivity index (χ3n) is 18.7. The van der Waals surface area contributed by atoms with E-state index >= 15 is 4.79 Å². The van der Waals surface area contributed by atoms with Crippen molar-refractivity contribution in [3.8, 4) is 11.5 Å². The Hall–Kier alpha value is -3.46. The Morgan fingerprint density at radius 2 is 1.61 bits per heavy atom. The van der Waals surface area contributed by atoms with E-state index in [2.05, 4.69) is 69.0 Å². The van der Waals surface area contributed by atoms with E-state index in [-0.39, 0.29) is 46.2 Å². The lowest BCUT2D eigenvalue weighted by Crippen LogP contribution is -2.67. The smallest absolute Gasteiger partial charge is 0.227 e. The summed E-state index contributed by atoms with van der Waals surface area (Å²) in [6, 6.07) is 16.0. The number of Topliss-reactive ketones (excluding diaryl/α,β-unsaturated/α-hetero) is 1. The maximum atomic E-state index is 15.3. The van der Waals surface area contributed by atoms with Crippen LogP contribution in [0.1, 0.15) is 107 Å². The molecule has 314 valence electrons. The van der Waals surface area contributed by atoms with Gasteiger partial charge in [0.2, 0.25) is 5.91 Å². The molecule has 1 heterocycles. The predicted octanol–water partition coefficient (Wildman–Crippen LogP) is 9.84. The van der Waals surface area contributed by atoms with E-state index in [0.717, 1.165) is 70.5 Å². The van der Waals surface area contributed by atoms with Crippen LogP contribution in [-0.2, 0) is 11.2 Å². The van der Waals surface area contributed by atoms with Gasteiger partial charge in [-0.2, -0.15) is 0 Å². The van der Waals surface area contributed by atoms with Gasteiger partial charge in [-0.3, -0.25) is 9.59 Å². The monoisotopic (exact) mass is 817 g/mol. The van der Waals surface area contributed by atoms with Gasteiger partial charge in [-0.05, 0) is 140 Å². The molecule has 6 fully saturated rings. The van der Waals surface area contributed by atoms with E-state index in [1.165, 1.54) is 12.8 Å². The highest BCUT2D eigenvalue weighted by Crippen LogP contribution is 2.78. The van der Waals surface area contributed by atoms with Gasteiger partial charge in [0.1, 0.15) is 0 Å². The number of ketones is 1. The molecule has 0 saturated heterocycles. The highest BCUT2D eigenvalue weighted by molar-refractivity contribution is 7.21. The zero-order chi connectivity index (χ0) is 41.3. The molecule has 0 radical (unpaired) electrons. The number of fused-ring (bicyclic) bond motifs is 4. The van der Waals surface area contributed by atoms with Crippen molar-refractivity contribution in [3.05, 3.63) is 82.8 Å². The summed E-state index contributed by atoms with van der Waals surface area (Å²) in [5.74, 6) is 3.35. The minimum Gasteiger partial charge on any atom is -0.493 e. The number of methoxy groups -OCH3 is 2. The molecule has 9 aliphatic rings. The van der Waals surface area contributed by atoms with E-state index in [0.29, 0.717) is 49.3 Å². The first-order chi connectivity index (χ1) is 28.1. The number of benzene rings is 2. The van der Waals surface area contributed by atoms with Crippen LogP contribution in [0.2, 0.25) is 0 Å². The summed E-state index contributed by atoms with van der Waals surface area (Å²) in [4.78, 5) is 32.9. The fourth-order valence-electron chi connectivity index (χ4n) is 15.1. The number of rotatable bonds is 10. The van der Waals surface area contributed by atoms with Crippen molar-refractivity contribution in [2.45, 2.75) is 110 Å². The van der Waals surface area contributed by atoms with Crippen LogP contribution in [0.4, 0.5) is 0 Å². The van der Waals surface area contributed by atoms with E-state index < -0.39 is 22.5 Å². The number of hydrogen-bond acceptors (Lipinski definition) is 7. The van der Waals surface area contributed by atoms with Crippen LogP contribution in [0.25, 0.3) is 10.1 Å². The van der Waals surface area contributed by atoms with Crippen LogP contribution in [-0.4, -0.2) is 65.8 Å². The predicted molar refractivity (Wildman–Crippen MR) is 233 cm³/mol. The lowest BCUT2D eigenvalue weighted by atomic mass is 9.32. The molecule has 8 heteroatoms. The number of aliphatic hydroxyl groups excluding tert-OH is 1. The SMILES string of the molecule is COc1ccc(CC(=O)N(C[C@@H]2CC[C@H]3C[C@@H]2C3(C)C)C[C@]2(O)CC[C@H]3[C@]45C=C[C@@]6(C=C4C(=O)c4cc7ccccc7s4)CC(O)CC[C@]6(C)[C@H]5CC[C@@]32C)cc1OC. The van der Waals surface area contributed by atoms with Gasteiger partial charge in [0.25, 0.3) is 0 Å². The average molecular weight is 818 g/mol. The Balaban J connectivity index is 1.02. The zero-order valence-electron chi connectivity index (χ0n) is 35.9. The first kappa shape index (κ1) is 39.7. The number of allylic oxidation sites excluding steroid dienone is 4. The number of hydrogen-bond donors (Lipinski definition) is 2. The van der Waals surface area contributed by atoms with Crippen molar-refractivity contribution >= 4 is 33.1 Å². The third kappa shape index (κ3) is 5.49. The minimum atomic E-state index is -1.13. The molecule has 0 aliphatic heterocycles. The molecule has 1 aromatic heterocycles. The Bertz CT molecular complexity index is 2240. The average Bonchev–Trinajstić information content (AvgIpc) is 3.78. The van der Waals surface area contributed by atoms with Gasteiger partial charge in [-0.1, -0.05) is 70.2 Å². The van der Waals surface area contributed by atoms with Crippen LogP contribution in [0.3, 0.4) is 0 Å². The van der Waals surface area contributed by atoms with Gasteiger partial charge < -0.3 is 24.6 Å². The number of aliphatic hydroxyl groups is 2. The fraction of sp³-hybridized carbons (Fsp3) is 0.608. The second kappa shape index (κ2) is 13.5. The van der Waals surface area contributed by atoms with E-state index in [4.69, 9.17) is 9.47 Å². The summed E-state index contributed by atoms with van der Waals surface area (Å²) in [7, 11) is 3.24. The summed E-state index contributed by atoms with van der Waals surface area (Å²) in [6.45, 7) is 10.5. The molecule has 2 aromatic carbocycles. The maximum Gasteiger partial charge on any atom is 0.227 e. The Morgan fingerprint density at radius 3 is 2.36 bits per heavy atom. The summed E-state index contributed by atoms with van der Waals surface area (Å²) in [5.41, 5.74) is -0.688. The topological polar surface area (TPSA) is 96.3 Å². The second-order valence-electron chi connectivity index (χ2n) is 21.1. The van der Waals surface area contributed by atoms with Crippen molar-refractivity contribution in [1.82, 2.24) is 4.90 Å². The summed E-state index contributed by atoms with van der Waals surface area (Å²) >= 11 is 1.58. The molecule has 3 aromatic rings. The Labute approximate surface area is 354 Å². The van der Waals surface area contributed by atoms with Crippen molar-refractivity contribution < 1.29 is 29.3 Å². The highest BCUT2D eigenvalue weighted by Gasteiger charge is 2.74. The van der Waals surface area contributed by atoms with Crippen LogP contribution < -0.4 is 9.47 Å². The lowest BCUT2D eigenvalue weighted by Gasteiger charge is -2.71. The minimum absolute atomic E-state index is 0.0189. The molecular formula is C51H63NO6S. The normalized spacial score (nSPS) is 39.7. The summed E-state index contributed by atoms with van der Waals surface area (Å²) < 4.78 is 12.2. The van der Waals surface area contributed by atoms with E-state index in [1.807, 2.05) is 30.3 Å². The van der Waals surface area contributed by atoms with Crippen LogP contribution in [0, 0.1) is 56.7 Å². The van der Waals surface area contributed by atoms with Gasteiger partial charge in [0.15, 0.2) is 17.3 Å². The molecule has 2 N–H and O–H groups in total. The molecular weight excluding hydrogens is 755 g/mol. The fourth-order valence-corrected chi connectivity index (χ4v) is 16.2. The maximum absolute atomic E-state index is 15.3. The molecule has 1 amide bonds. The molecule has 2 spiro atoms. The molecule has 4 bridgehead atoms. The first-order valence-electron chi connectivity index (χ1n) is 22.5. The van der Waals surface area contributed by atoms with E-state index in [9.17, 15) is 15.0 Å². The quantitative estimate of drug-likeness (QED) is 0.156. The Morgan fingerprint density at radius 1 is 0.864 bits per heavy atom. The summed E-state index contributed by atoms with van der Waals surface area (Å²) in [5, 5.41) is 25.7. The van der Waals surface area contributed by atoms with Crippen molar-refractivity contribution in [3.63, 3.8) is 0 Å². The molecule has 6 saturated carbocycles. The molecule has 1 unspecified atom stereocenters. The van der Waals surface area contributed by atoms with Crippen molar-refractivity contribution in [1.29, 1.82) is 0 Å². The van der Waals surface area contributed by atoms with E-state index in [1.54, 1.807) is 25.6 Å². The standard InChI is InChI=1S/C51H63NO6S/c1-46(2)34-13-12-33(36(46)26-34)29-52(44(54)24-31-11-14-38(57-5)39(23-31)58-6)30-50(56)20-17-43-48(50,4)19-16-42-47(3)18-15-35(53)27-49(47)21-22-51(42,43)37(28-49)45(55)41-25-32-9-7-8-10-40(32)59-41/h7-11,14,21-23,25,28,33-36,42-43,53,56H,12-13,15-20,24,26-27,29-30H2,1-6H3/t33-,34-,35?,36-,42+,43+,47+,48-,49-,50+,51+/m0/s1. The number of carbonyl (C=O) groups is 2. The lowest BCUT2D eigenvalue weighted by molar-refractivity contribution is -0.180.